The quantitative estimate of drug-likeness (QED) is 0.439. The first-order chi connectivity index (χ1) is 8.62. The van der Waals surface area contributed by atoms with Gasteiger partial charge in [0.1, 0.15) is 11.6 Å². The average molecular weight is 272 g/mol. The fourth-order valence-corrected chi connectivity index (χ4v) is 1.88. The number of aromatic nitrogens is 2. The molecule has 1 aromatic heterocycles. The third-order valence-corrected chi connectivity index (χ3v) is 2.86. The molecule has 0 unspecified atom stereocenters. The molecule has 1 rings (SSSR count). The number of rotatable bonds is 7. The Kier molecular flexibility index (Phi) is 6.17. The van der Waals surface area contributed by atoms with Crippen LogP contribution in [0.2, 0.25) is 0 Å². The van der Waals surface area contributed by atoms with Gasteiger partial charge >= 0.3 is 0 Å². The maximum Gasteiger partial charge on any atom is 0.191 e. The number of anilines is 2. The van der Waals surface area contributed by atoms with E-state index in [1.54, 1.807) is 0 Å². The first-order valence-electron chi connectivity index (χ1n) is 5.81. The number of thioether (sulfide) groups is 1. The second-order valence-electron chi connectivity index (χ2n) is 3.50. The maximum atomic E-state index is 5.88. The minimum Gasteiger partial charge on any atom is -0.383 e. The molecular weight excluding hydrogens is 252 g/mol. The lowest BCUT2D eigenvalue weighted by molar-refractivity contribution is -0.134. The Morgan fingerprint density at radius 1 is 1.11 bits per heavy atom. The molecule has 102 valence electrons. The molecule has 0 aromatic carbocycles. The third-order valence-electron chi connectivity index (χ3n) is 2.31. The third kappa shape index (κ3) is 4.01. The van der Waals surface area contributed by atoms with E-state index >= 15 is 0 Å². The minimum absolute atomic E-state index is 0.367. The summed E-state index contributed by atoms with van der Waals surface area (Å²) in [6.45, 7) is 4.95. The zero-order valence-electron chi connectivity index (χ0n) is 11.0. The van der Waals surface area contributed by atoms with Crippen molar-refractivity contribution in [2.45, 2.75) is 31.7 Å². The number of ether oxygens (including phenoxy) is 2. The molecule has 0 spiro atoms. The lowest BCUT2D eigenvalue weighted by Crippen LogP contribution is -2.22. The van der Waals surface area contributed by atoms with Crippen LogP contribution in [-0.4, -0.2) is 35.7 Å². The molecule has 18 heavy (non-hydrogen) atoms. The Morgan fingerprint density at radius 3 is 2.00 bits per heavy atom. The van der Waals surface area contributed by atoms with Crippen LogP contribution in [0.25, 0.3) is 0 Å². The summed E-state index contributed by atoms with van der Waals surface area (Å²) in [7, 11) is 0. The summed E-state index contributed by atoms with van der Waals surface area (Å²) >= 11 is 1.40. The topological polar surface area (TPSA) is 96.3 Å². The molecule has 0 aliphatic heterocycles. The molecule has 4 N–H and O–H groups in total. The molecule has 0 fully saturated rings. The van der Waals surface area contributed by atoms with Gasteiger partial charge in [-0.05, 0) is 20.1 Å². The minimum atomic E-state index is -0.367. The second kappa shape index (κ2) is 7.40. The van der Waals surface area contributed by atoms with Gasteiger partial charge in [0, 0.05) is 25.2 Å². The zero-order chi connectivity index (χ0) is 13.5. The van der Waals surface area contributed by atoms with E-state index in [2.05, 4.69) is 9.97 Å². The Morgan fingerprint density at radius 2 is 1.61 bits per heavy atom. The molecule has 0 saturated heterocycles. The van der Waals surface area contributed by atoms with E-state index in [1.165, 1.54) is 11.8 Å². The van der Waals surface area contributed by atoms with E-state index in [-0.39, 0.29) is 6.29 Å². The summed E-state index contributed by atoms with van der Waals surface area (Å²) < 4.78 is 10.9. The summed E-state index contributed by atoms with van der Waals surface area (Å²) in [5.74, 6) is 0.771. The van der Waals surface area contributed by atoms with Crippen molar-refractivity contribution in [3.63, 3.8) is 0 Å². The molecule has 0 aliphatic carbocycles. The maximum absolute atomic E-state index is 5.88. The van der Waals surface area contributed by atoms with Crippen molar-refractivity contribution in [1.29, 1.82) is 0 Å². The van der Waals surface area contributed by atoms with E-state index in [0.29, 0.717) is 42.0 Å². The monoisotopic (exact) mass is 272 g/mol. The van der Waals surface area contributed by atoms with Crippen molar-refractivity contribution in [3.05, 3.63) is 5.56 Å². The van der Waals surface area contributed by atoms with E-state index in [1.807, 2.05) is 20.1 Å². The summed E-state index contributed by atoms with van der Waals surface area (Å²) in [6, 6.07) is 0. The Labute approximate surface area is 111 Å². The van der Waals surface area contributed by atoms with Crippen molar-refractivity contribution in [2.75, 3.05) is 30.9 Å². The summed E-state index contributed by atoms with van der Waals surface area (Å²) in [4.78, 5) is 8.33. The van der Waals surface area contributed by atoms with Gasteiger partial charge in [0.2, 0.25) is 0 Å². The lowest BCUT2D eigenvalue weighted by Gasteiger charge is -2.18. The fourth-order valence-electron chi connectivity index (χ4n) is 1.50. The average Bonchev–Trinajstić information content (AvgIpc) is 2.33. The standard InChI is InChI=1S/C11H20N4O2S/c1-4-16-8(17-5-2)6-7-9(12)14-11(18-3)15-10(7)13/h8H,4-6H2,1-3H3,(H4,12,13,14,15). The molecular formula is C11H20N4O2S. The van der Waals surface area contributed by atoms with Gasteiger partial charge in [0.25, 0.3) is 0 Å². The van der Waals surface area contributed by atoms with Gasteiger partial charge in [0.15, 0.2) is 11.4 Å². The molecule has 0 aliphatic rings. The van der Waals surface area contributed by atoms with Crippen LogP contribution in [0.15, 0.2) is 5.16 Å². The van der Waals surface area contributed by atoms with Crippen molar-refractivity contribution < 1.29 is 9.47 Å². The number of hydrogen-bond acceptors (Lipinski definition) is 7. The Hall–Kier alpha value is -1.05. The zero-order valence-corrected chi connectivity index (χ0v) is 11.8. The van der Waals surface area contributed by atoms with Crippen molar-refractivity contribution in [2.24, 2.45) is 0 Å². The van der Waals surface area contributed by atoms with Crippen molar-refractivity contribution in [3.8, 4) is 0 Å². The number of hydrogen-bond donors (Lipinski definition) is 2. The van der Waals surface area contributed by atoms with E-state index < -0.39 is 0 Å². The molecule has 0 saturated carbocycles. The molecule has 0 bridgehead atoms. The van der Waals surface area contributed by atoms with Gasteiger partial charge in [-0.1, -0.05) is 11.8 Å². The lowest BCUT2D eigenvalue weighted by atomic mass is 10.2. The molecule has 0 atom stereocenters. The predicted octanol–water partition coefficient (Wildman–Crippen LogP) is 1.30. The second-order valence-corrected chi connectivity index (χ2v) is 4.28. The number of nitrogens with zero attached hydrogens (tertiary/aromatic N) is 2. The fraction of sp³-hybridized carbons (Fsp3) is 0.636. The van der Waals surface area contributed by atoms with Crippen LogP contribution in [0, 0.1) is 0 Å². The van der Waals surface area contributed by atoms with Crippen LogP contribution in [0.3, 0.4) is 0 Å². The number of nitrogen functional groups attached to an aromatic ring is 2. The normalized spacial score (nSPS) is 11.1. The molecule has 7 heteroatoms. The van der Waals surface area contributed by atoms with Crippen molar-refractivity contribution in [1.82, 2.24) is 9.97 Å². The smallest absolute Gasteiger partial charge is 0.191 e. The van der Waals surface area contributed by atoms with Crippen LogP contribution >= 0.6 is 11.8 Å². The largest absolute Gasteiger partial charge is 0.383 e. The highest BCUT2D eigenvalue weighted by Gasteiger charge is 2.16. The molecule has 6 nitrogen and oxygen atoms in total. The summed E-state index contributed by atoms with van der Waals surface area (Å²) in [6.07, 6.45) is 1.96. The predicted molar refractivity (Wildman–Crippen MR) is 73.4 cm³/mol. The van der Waals surface area contributed by atoms with Crippen LogP contribution in [-0.2, 0) is 15.9 Å². The van der Waals surface area contributed by atoms with Crippen LogP contribution in [0.1, 0.15) is 19.4 Å². The van der Waals surface area contributed by atoms with E-state index in [9.17, 15) is 0 Å². The van der Waals surface area contributed by atoms with Crippen LogP contribution in [0.5, 0.6) is 0 Å². The highest BCUT2D eigenvalue weighted by molar-refractivity contribution is 7.98. The van der Waals surface area contributed by atoms with Gasteiger partial charge in [0.05, 0.1) is 0 Å². The van der Waals surface area contributed by atoms with Gasteiger partial charge in [-0.15, -0.1) is 0 Å². The summed E-state index contributed by atoms with van der Waals surface area (Å²) in [5.41, 5.74) is 12.4. The molecule has 0 amide bonds. The summed E-state index contributed by atoms with van der Waals surface area (Å²) in [5, 5.41) is 0.568. The molecule has 0 radical (unpaired) electrons. The van der Waals surface area contributed by atoms with Gasteiger partial charge < -0.3 is 20.9 Å². The SMILES string of the molecule is CCOC(Cc1c(N)nc(SC)nc1N)OCC. The van der Waals surface area contributed by atoms with E-state index in [4.69, 9.17) is 20.9 Å². The van der Waals surface area contributed by atoms with Crippen LogP contribution in [0.4, 0.5) is 11.6 Å². The van der Waals surface area contributed by atoms with E-state index in [0.717, 1.165) is 0 Å². The Balaban J connectivity index is 2.88. The molecule has 1 heterocycles. The highest BCUT2D eigenvalue weighted by atomic mass is 32.2. The van der Waals surface area contributed by atoms with Crippen molar-refractivity contribution >= 4 is 23.4 Å². The van der Waals surface area contributed by atoms with Crippen LogP contribution < -0.4 is 11.5 Å². The molecule has 1 aromatic rings. The first-order valence-corrected chi connectivity index (χ1v) is 7.03. The van der Waals surface area contributed by atoms with Gasteiger partial charge in [-0.25, -0.2) is 9.97 Å². The highest BCUT2D eigenvalue weighted by Crippen LogP contribution is 2.22. The Bertz CT molecular complexity index is 360. The van der Waals surface area contributed by atoms with Gasteiger partial charge in [-0.3, -0.25) is 0 Å². The first kappa shape index (κ1) is 15.0. The number of nitrogens with two attached hydrogens (primary N) is 2. The van der Waals surface area contributed by atoms with Gasteiger partial charge in [-0.2, -0.15) is 0 Å².